The summed E-state index contributed by atoms with van der Waals surface area (Å²) in [4.78, 5) is 25.3. The predicted octanol–water partition coefficient (Wildman–Crippen LogP) is 4.53. The number of hydrogen-bond acceptors (Lipinski definition) is 3. The Morgan fingerprint density at radius 3 is 2.23 bits per heavy atom. The lowest BCUT2D eigenvalue weighted by molar-refractivity contribution is 0.0919. The summed E-state index contributed by atoms with van der Waals surface area (Å²) >= 11 is 0. The number of benzene rings is 2. The van der Waals surface area contributed by atoms with Crippen molar-refractivity contribution in [2.45, 2.75) is 45.1 Å². The van der Waals surface area contributed by atoms with Gasteiger partial charge in [-0.25, -0.2) is 4.68 Å². The SMILES string of the molecule is CC(C)(C)NC(=O)c1ccc(NC(=O)c2cc(C3CC3)nn2-c2ccccc2)cc1. The van der Waals surface area contributed by atoms with Gasteiger partial charge in [-0.2, -0.15) is 5.10 Å². The molecular weight excluding hydrogens is 376 g/mol. The van der Waals surface area contributed by atoms with Crippen LogP contribution in [-0.2, 0) is 0 Å². The van der Waals surface area contributed by atoms with Gasteiger partial charge in [-0.1, -0.05) is 18.2 Å². The molecule has 6 heteroatoms. The average Bonchev–Trinajstić information content (AvgIpc) is 3.46. The van der Waals surface area contributed by atoms with Crippen molar-refractivity contribution in [2.24, 2.45) is 0 Å². The van der Waals surface area contributed by atoms with Gasteiger partial charge in [-0.15, -0.1) is 0 Å². The molecule has 1 saturated carbocycles. The first-order valence-corrected chi connectivity index (χ1v) is 10.2. The Kier molecular flexibility index (Phi) is 5.16. The fourth-order valence-electron chi connectivity index (χ4n) is 3.22. The van der Waals surface area contributed by atoms with Crippen molar-refractivity contribution in [3.8, 4) is 5.69 Å². The summed E-state index contributed by atoms with van der Waals surface area (Å²) in [6, 6.07) is 18.4. The zero-order valence-electron chi connectivity index (χ0n) is 17.5. The number of aromatic nitrogens is 2. The largest absolute Gasteiger partial charge is 0.347 e. The molecule has 0 radical (unpaired) electrons. The maximum Gasteiger partial charge on any atom is 0.274 e. The molecule has 2 amide bonds. The van der Waals surface area contributed by atoms with Crippen molar-refractivity contribution in [3.05, 3.63) is 77.6 Å². The topological polar surface area (TPSA) is 76.0 Å². The van der Waals surface area contributed by atoms with Gasteiger partial charge in [0.1, 0.15) is 5.69 Å². The normalized spacial score (nSPS) is 13.7. The molecule has 1 aliphatic rings. The number of amides is 2. The number of hydrogen-bond donors (Lipinski definition) is 2. The van der Waals surface area contributed by atoms with Gasteiger partial charge in [0, 0.05) is 22.7 Å². The molecule has 0 spiro atoms. The lowest BCUT2D eigenvalue weighted by Gasteiger charge is -2.20. The van der Waals surface area contributed by atoms with Crippen LogP contribution in [0.1, 0.15) is 66.1 Å². The third-order valence-corrected chi connectivity index (χ3v) is 4.85. The molecule has 154 valence electrons. The van der Waals surface area contributed by atoms with Crippen LogP contribution in [0.15, 0.2) is 60.7 Å². The maximum atomic E-state index is 13.0. The monoisotopic (exact) mass is 402 g/mol. The molecular formula is C24H26N4O2. The predicted molar refractivity (Wildman–Crippen MR) is 117 cm³/mol. The Morgan fingerprint density at radius 2 is 1.63 bits per heavy atom. The molecule has 2 aromatic carbocycles. The molecule has 1 aromatic heterocycles. The van der Waals surface area contributed by atoms with E-state index in [0.29, 0.717) is 22.9 Å². The van der Waals surface area contributed by atoms with E-state index in [1.54, 1.807) is 28.9 Å². The second-order valence-electron chi connectivity index (χ2n) is 8.71. The fourth-order valence-corrected chi connectivity index (χ4v) is 3.22. The van der Waals surface area contributed by atoms with Crippen molar-refractivity contribution in [1.82, 2.24) is 15.1 Å². The van der Waals surface area contributed by atoms with Gasteiger partial charge in [0.2, 0.25) is 0 Å². The summed E-state index contributed by atoms with van der Waals surface area (Å²) in [5.74, 6) is 0.0730. The molecule has 4 rings (SSSR count). The number of carbonyl (C=O) groups excluding carboxylic acids is 2. The lowest BCUT2D eigenvalue weighted by atomic mass is 10.1. The molecule has 30 heavy (non-hydrogen) atoms. The number of para-hydroxylation sites is 1. The Bertz CT molecular complexity index is 1060. The molecule has 0 unspecified atom stereocenters. The molecule has 0 bridgehead atoms. The minimum absolute atomic E-state index is 0.142. The van der Waals surface area contributed by atoms with Crippen molar-refractivity contribution < 1.29 is 9.59 Å². The Balaban J connectivity index is 1.53. The highest BCUT2D eigenvalue weighted by atomic mass is 16.2. The number of anilines is 1. The summed E-state index contributed by atoms with van der Waals surface area (Å²) in [5, 5.41) is 10.5. The van der Waals surface area contributed by atoms with Crippen LogP contribution in [0.4, 0.5) is 5.69 Å². The zero-order chi connectivity index (χ0) is 21.3. The van der Waals surface area contributed by atoms with Gasteiger partial charge in [-0.05, 0) is 76.1 Å². The molecule has 0 atom stereocenters. The Hall–Kier alpha value is -3.41. The van der Waals surface area contributed by atoms with E-state index in [1.165, 1.54) is 0 Å². The molecule has 1 fully saturated rings. The second-order valence-corrected chi connectivity index (χ2v) is 8.71. The van der Waals surface area contributed by atoms with Crippen LogP contribution >= 0.6 is 0 Å². The number of nitrogens with zero attached hydrogens (tertiary/aromatic N) is 2. The van der Waals surface area contributed by atoms with Gasteiger partial charge < -0.3 is 10.6 Å². The van der Waals surface area contributed by atoms with Gasteiger partial charge in [-0.3, -0.25) is 9.59 Å². The Morgan fingerprint density at radius 1 is 0.967 bits per heavy atom. The quantitative estimate of drug-likeness (QED) is 0.658. The van der Waals surface area contributed by atoms with E-state index in [9.17, 15) is 9.59 Å². The molecule has 1 heterocycles. The van der Waals surface area contributed by atoms with E-state index in [0.717, 1.165) is 24.2 Å². The fraction of sp³-hybridized carbons (Fsp3) is 0.292. The van der Waals surface area contributed by atoms with Crippen LogP contribution in [0.25, 0.3) is 5.69 Å². The molecule has 0 saturated heterocycles. The Labute approximate surface area is 176 Å². The minimum atomic E-state index is -0.306. The number of rotatable bonds is 5. The smallest absolute Gasteiger partial charge is 0.274 e. The third-order valence-electron chi connectivity index (χ3n) is 4.85. The maximum absolute atomic E-state index is 13.0. The highest BCUT2D eigenvalue weighted by Gasteiger charge is 2.29. The molecule has 2 N–H and O–H groups in total. The van der Waals surface area contributed by atoms with Crippen LogP contribution < -0.4 is 10.6 Å². The van der Waals surface area contributed by atoms with Gasteiger partial charge in [0.15, 0.2) is 0 Å². The van der Waals surface area contributed by atoms with Crippen molar-refractivity contribution in [1.29, 1.82) is 0 Å². The molecule has 1 aliphatic carbocycles. The minimum Gasteiger partial charge on any atom is -0.347 e. The van der Waals surface area contributed by atoms with E-state index in [2.05, 4.69) is 15.7 Å². The summed E-state index contributed by atoms with van der Waals surface area (Å²) in [7, 11) is 0. The first-order chi connectivity index (χ1) is 14.3. The van der Waals surface area contributed by atoms with Crippen LogP contribution in [0, 0.1) is 0 Å². The highest BCUT2D eigenvalue weighted by Crippen LogP contribution is 2.39. The van der Waals surface area contributed by atoms with E-state index in [1.807, 2.05) is 57.2 Å². The highest BCUT2D eigenvalue weighted by molar-refractivity contribution is 6.04. The second kappa shape index (κ2) is 7.78. The van der Waals surface area contributed by atoms with Gasteiger partial charge in [0.05, 0.1) is 11.4 Å². The van der Waals surface area contributed by atoms with E-state index < -0.39 is 0 Å². The van der Waals surface area contributed by atoms with Crippen LogP contribution in [0.5, 0.6) is 0 Å². The average molecular weight is 402 g/mol. The number of nitrogens with one attached hydrogen (secondary N) is 2. The summed E-state index contributed by atoms with van der Waals surface area (Å²) in [6.07, 6.45) is 2.23. The summed E-state index contributed by atoms with van der Waals surface area (Å²) in [6.45, 7) is 5.81. The van der Waals surface area contributed by atoms with E-state index in [4.69, 9.17) is 0 Å². The molecule has 6 nitrogen and oxygen atoms in total. The van der Waals surface area contributed by atoms with Crippen molar-refractivity contribution in [3.63, 3.8) is 0 Å². The first kappa shape index (κ1) is 19.9. The number of carbonyl (C=O) groups is 2. The standard InChI is InChI=1S/C24H26N4O2/c1-24(2,3)26-22(29)17-11-13-18(14-12-17)25-23(30)21-15-20(16-9-10-16)27-28(21)19-7-5-4-6-8-19/h4-8,11-16H,9-10H2,1-3H3,(H,25,30)(H,26,29). The molecule has 0 aliphatic heterocycles. The van der Waals surface area contributed by atoms with Gasteiger partial charge in [0.25, 0.3) is 11.8 Å². The summed E-state index contributed by atoms with van der Waals surface area (Å²) in [5.41, 5.74) is 3.17. The van der Waals surface area contributed by atoms with E-state index in [-0.39, 0.29) is 17.4 Å². The van der Waals surface area contributed by atoms with Crippen LogP contribution in [0.2, 0.25) is 0 Å². The van der Waals surface area contributed by atoms with Gasteiger partial charge >= 0.3 is 0 Å². The van der Waals surface area contributed by atoms with Crippen LogP contribution in [-0.4, -0.2) is 27.1 Å². The lowest BCUT2D eigenvalue weighted by Crippen LogP contribution is -2.40. The summed E-state index contributed by atoms with van der Waals surface area (Å²) < 4.78 is 1.70. The third kappa shape index (κ3) is 4.59. The van der Waals surface area contributed by atoms with Crippen molar-refractivity contribution in [2.75, 3.05) is 5.32 Å². The first-order valence-electron chi connectivity index (χ1n) is 10.2. The molecule has 3 aromatic rings. The zero-order valence-corrected chi connectivity index (χ0v) is 17.5. The van der Waals surface area contributed by atoms with E-state index >= 15 is 0 Å². The van der Waals surface area contributed by atoms with Crippen LogP contribution in [0.3, 0.4) is 0 Å². The van der Waals surface area contributed by atoms with Crippen molar-refractivity contribution >= 4 is 17.5 Å².